The van der Waals surface area contributed by atoms with Crippen molar-refractivity contribution in [3.63, 3.8) is 0 Å². The van der Waals surface area contributed by atoms with Gasteiger partial charge >= 0.3 is 6.09 Å². The summed E-state index contributed by atoms with van der Waals surface area (Å²) in [5.41, 5.74) is 5.44. The van der Waals surface area contributed by atoms with Crippen molar-refractivity contribution in [3.05, 3.63) is 0 Å². The average Bonchev–Trinajstić information content (AvgIpc) is 2.42. The first-order chi connectivity index (χ1) is 10.3. The molecule has 0 bridgehead atoms. The highest BCUT2D eigenvalue weighted by atomic mass is 127. The Morgan fingerprint density at radius 2 is 1.91 bits per heavy atom. The molecule has 1 aliphatic rings. The van der Waals surface area contributed by atoms with E-state index in [4.69, 9.17) is 10.5 Å². The number of hydrogen-bond acceptors (Lipinski definition) is 3. The molecule has 1 fully saturated rings. The van der Waals surface area contributed by atoms with E-state index in [-0.39, 0.29) is 30.1 Å². The van der Waals surface area contributed by atoms with E-state index in [9.17, 15) is 4.79 Å². The molecule has 0 aromatic rings. The lowest BCUT2D eigenvalue weighted by molar-refractivity contribution is 0.0266. The SMILES string of the molecule is CCN(CCN=C(N)NC1CCCCC1)C(=O)OC(C)(C)C.I. The van der Waals surface area contributed by atoms with Crippen molar-refractivity contribution in [1.82, 2.24) is 10.2 Å². The number of amides is 1. The van der Waals surface area contributed by atoms with Gasteiger partial charge in [-0.3, -0.25) is 4.99 Å². The van der Waals surface area contributed by atoms with E-state index in [1.54, 1.807) is 4.90 Å². The van der Waals surface area contributed by atoms with Crippen LogP contribution in [0, 0.1) is 0 Å². The summed E-state index contributed by atoms with van der Waals surface area (Å²) in [7, 11) is 0. The Morgan fingerprint density at radius 3 is 2.43 bits per heavy atom. The molecule has 1 aliphatic carbocycles. The second-order valence-corrected chi connectivity index (χ2v) is 6.81. The van der Waals surface area contributed by atoms with Gasteiger partial charge in [0.1, 0.15) is 5.60 Å². The van der Waals surface area contributed by atoms with E-state index in [1.807, 2.05) is 27.7 Å². The molecule has 0 aromatic carbocycles. The summed E-state index contributed by atoms with van der Waals surface area (Å²) in [6.45, 7) is 9.11. The van der Waals surface area contributed by atoms with Crippen molar-refractivity contribution in [1.29, 1.82) is 0 Å². The Balaban J connectivity index is 0.00000484. The van der Waals surface area contributed by atoms with Crippen LogP contribution >= 0.6 is 24.0 Å². The largest absolute Gasteiger partial charge is 0.444 e. The molecule has 0 radical (unpaired) electrons. The lowest BCUT2D eigenvalue weighted by Gasteiger charge is -2.26. The summed E-state index contributed by atoms with van der Waals surface area (Å²) in [6.07, 6.45) is 5.85. The zero-order valence-electron chi connectivity index (χ0n) is 14.9. The number of hydrogen-bond donors (Lipinski definition) is 2. The van der Waals surface area contributed by atoms with Crippen LogP contribution in [0.2, 0.25) is 0 Å². The van der Waals surface area contributed by atoms with Crippen molar-refractivity contribution >= 4 is 36.0 Å². The Hall–Kier alpha value is -0.730. The second-order valence-electron chi connectivity index (χ2n) is 6.81. The summed E-state index contributed by atoms with van der Waals surface area (Å²) in [5, 5.41) is 3.27. The Labute approximate surface area is 157 Å². The minimum atomic E-state index is -0.477. The first-order valence-corrected chi connectivity index (χ1v) is 8.36. The van der Waals surface area contributed by atoms with E-state index < -0.39 is 5.60 Å². The number of nitrogens with one attached hydrogen (secondary N) is 1. The van der Waals surface area contributed by atoms with Crippen LogP contribution in [0.3, 0.4) is 0 Å². The highest BCUT2D eigenvalue weighted by Gasteiger charge is 2.20. The number of guanidine groups is 1. The number of carbonyl (C=O) groups is 1. The number of rotatable bonds is 5. The molecule has 7 heteroatoms. The molecule has 3 N–H and O–H groups in total. The number of carbonyl (C=O) groups excluding carboxylic acids is 1. The fraction of sp³-hybridized carbons (Fsp3) is 0.875. The molecule has 0 unspecified atom stereocenters. The summed E-state index contributed by atoms with van der Waals surface area (Å²) in [4.78, 5) is 18.0. The van der Waals surface area contributed by atoms with E-state index in [0.29, 0.717) is 31.6 Å². The van der Waals surface area contributed by atoms with Gasteiger partial charge in [0.25, 0.3) is 0 Å². The summed E-state index contributed by atoms with van der Waals surface area (Å²) >= 11 is 0. The van der Waals surface area contributed by atoms with Crippen molar-refractivity contribution in [2.75, 3.05) is 19.6 Å². The Kier molecular flexibility index (Phi) is 10.6. The van der Waals surface area contributed by atoms with E-state index in [0.717, 1.165) is 12.8 Å². The van der Waals surface area contributed by atoms with Crippen LogP contribution in [0.1, 0.15) is 59.8 Å². The molecule has 23 heavy (non-hydrogen) atoms. The fourth-order valence-corrected chi connectivity index (χ4v) is 2.50. The monoisotopic (exact) mass is 440 g/mol. The number of aliphatic imine (C=N–C) groups is 1. The Bertz CT molecular complexity index is 377. The minimum Gasteiger partial charge on any atom is -0.444 e. The summed E-state index contributed by atoms with van der Waals surface area (Å²) in [6, 6.07) is 0.450. The summed E-state index contributed by atoms with van der Waals surface area (Å²) < 4.78 is 5.36. The fourth-order valence-electron chi connectivity index (χ4n) is 2.50. The van der Waals surface area contributed by atoms with E-state index in [1.165, 1.54) is 19.3 Å². The van der Waals surface area contributed by atoms with Gasteiger partial charge in [0.15, 0.2) is 5.96 Å². The molecular formula is C16H33IN4O2. The van der Waals surface area contributed by atoms with Crippen LogP contribution < -0.4 is 11.1 Å². The van der Waals surface area contributed by atoms with E-state index >= 15 is 0 Å². The molecule has 0 saturated heterocycles. The lowest BCUT2D eigenvalue weighted by atomic mass is 9.96. The van der Waals surface area contributed by atoms with Gasteiger partial charge in [-0.2, -0.15) is 0 Å². The van der Waals surface area contributed by atoms with Crippen LogP contribution in [0.5, 0.6) is 0 Å². The average molecular weight is 440 g/mol. The van der Waals surface area contributed by atoms with Gasteiger partial charge in [-0.25, -0.2) is 4.79 Å². The molecule has 0 spiro atoms. The molecule has 1 saturated carbocycles. The third-order valence-corrected chi connectivity index (χ3v) is 3.64. The predicted molar refractivity (Wildman–Crippen MR) is 105 cm³/mol. The van der Waals surface area contributed by atoms with Gasteiger partial charge in [-0.05, 0) is 40.5 Å². The van der Waals surface area contributed by atoms with Crippen molar-refractivity contribution < 1.29 is 9.53 Å². The minimum absolute atomic E-state index is 0. The molecule has 6 nitrogen and oxygen atoms in total. The standard InChI is InChI=1S/C16H32N4O2.HI/c1-5-20(15(21)22-16(2,3)4)12-11-18-14(17)19-13-9-7-6-8-10-13;/h13H,5-12H2,1-4H3,(H3,17,18,19);1H. The number of nitrogens with two attached hydrogens (primary N) is 1. The Morgan fingerprint density at radius 1 is 1.30 bits per heavy atom. The van der Waals surface area contributed by atoms with Crippen LogP contribution in [-0.4, -0.2) is 48.2 Å². The number of halogens is 1. The highest BCUT2D eigenvalue weighted by Crippen LogP contribution is 2.17. The number of likely N-dealkylation sites (N-methyl/N-ethyl adjacent to an activating group) is 1. The van der Waals surface area contributed by atoms with Gasteiger partial charge in [-0.15, -0.1) is 24.0 Å². The predicted octanol–water partition coefficient (Wildman–Crippen LogP) is 3.10. The van der Waals surface area contributed by atoms with Crippen LogP contribution in [0.4, 0.5) is 4.79 Å². The van der Waals surface area contributed by atoms with E-state index in [2.05, 4.69) is 10.3 Å². The highest BCUT2D eigenvalue weighted by molar-refractivity contribution is 14.0. The first-order valence-electron chi connectivity index (χ1n) is 8.36. The maximum Gasteiger partial charge on any atom is 0.410 e. The molecule has 0 aromatic heterocycles. The number of ether oxygens (including phenoxy) is 1. The molecule has 0 heterocycles. The maximum atomic E-state index is 12.0. The normalized spacial score (nSPS) is 16.4. The van der Waals surface area contributed by atoms with Gasteiger partial charge in [-0.1, -0.05) is 19.3 Å². The molecule has 0 atom stereocenters. The first kappa shape index (κ1) is 22.3. The maximum absolute atomic E-state index is 12.0. The third-order valence-electron chi connectivity index (χ3n) is 3.64. The number of nitrogens with zero attached hydrogens (tertiary/aromatic N) is 2. The third kappa shape index (κ3) is 9.88. The van der Waals surface area contributed by atoms with Crippen molar-refractivity contribution in [2.24, 2.45) is 10.7 Å². The van der Waals surface area contributed by atoms with Gasteiger partial charge in [0.05, 0.1) is 6.54 Å². The second kappa shape index (κ2) is 10.9. The molecule has 1 amide bonds. The van der Waals surface area contributed by atoms with Crippen molar-refractivity contribution in [3.8, 4) is 0 Å². The van der Waals surface area contributed by atoms with Crippen LogP contribution in [0.25, 0.3) is 0 Å². The molecular weight excluding hydrogens is 407 g/mol. The molecule has 136 valence electrons. The topological polar surface area (TPSA) is 80.0 Å². The zero-order valence-corrected chi connectivity index (χ0v) is 17.3. The summed E-state index contributed by atoms with van der Waals surface area (Å²) in [5.74, 6) is 0.479. The molecule has 0 aliphatic heterocycles. The van der Waals surface area contributed by atoms with Crippen LogP contribution in [-0.2, 0) is 4.74 Å². The zero-order chi connectivity index (χ0) is 16.6. The van der Waals surface area contributed by atoms with Gasteiger partial charge in [0, 0.05) is 19.1 Å². The van der Waals surface area contributed by atoms with Gasteiger partial charge in [0.2, 0.25) is 0 Å². The molecule has 1 rings (SSSR count). The van der Waals surface area contributed by atoms with Gasteiger partial charge < -0.3 is 20.7 Å². The van der Waals surface area contributed by atoms with Crippen LogP contribution in [0.15, 0.2) is 4.99 Å². The smallest absolute Gasteiger partial charge is 0.410 e. The quantitative estimate of drug-likeness (QED) is 0.391. The lowest BCUT2D eigenvalue weighted by Crippen LogP contribution is -2.42. The van der Waals surface area contributed by atoms with Crippen molar-refractivity contribution in [2.45, 2.75) is 71.4 Å².